The van der Waals surface area contributed by atoms with Crippen LogP contribution in [0.25, 0.3) is 0 Å². The number of nitrogens with one attached hydrogen (secondary N) is 1. The molecule has 2 aliphatic rings. The molecule has 2 aromatic carbocycles. The number of rotatable bonds is 6. The van der Waals surface area contributed by atoms with Crippen LogP contribution in [0, 0.1) is 22.0 Å². The fourth-order valence-electron chi connectivity index (χ4n) is 4.79. The van der Waals surface area contributed by atoms with E-state index in [-0.39, 0.29) is 28.5 Å². The van der Waals surface area contributed by atoms with Gasteiger partial charge in [-0.1, -0.05) is 25.4 Å². The van der Waals surface area contributed by atoms with Crippen LogP contribution in [0.1, 0.15) is 19.4 Å². The first-order valence-corrected chi connectivity index (χ1v) is 11.6. The Bertz CT molecular complexity index is 1060. The number of carbonyl (C=O) groups is 1. The summed E-state index contributed by atoms with van der Waals surface area (Å²) < 4.78 is 5.56. The Morgan fingerprint density at radius 2 is 2.03 bits per heavy atom. The van der Waals surface area contributed by atoms with Gasteiger partial charge in [0.05, 0.1) is 29.7 Å². The summed E-state index contributed by atoms with van der Waals surface area (Å²) in [6, 6.07) is 10.4. The van der Waals surface area contributed by atoms with Crippen molar-refractivity contribution in [3.05, 3.63) is 57.1 Å². The number of piperazine rings is 1. The predicted molar refractivity (Wildman–Crippen MR) is 129 cm³/mol. The fourth-order valence-corrected chi connectivity index (χ4v) is 4.95. The molecular weight excluding hydrogens is 444 g/mol. The zero-order valence-corrected chi connectivity index (χ0v) is 19.8. The minimum atomic E-state index is -0.385. The fraction of sp³-hybridized carbons (Fsp3) is 0.458. The first-order chi connectivity index (χ1) is 15.8. The van der Waals surface area contributed by atoms with E-state index in [4.69, 9.17) is 16.3 Å². The maximum absolute atomic E-state index is 13.3. The van der Waals surface area contributed by atoms with Gasteiger partial charge in [0.15, 0.2) is 0 Å². The van der Waals surface area contributed by atoms with Crippen LogP contribution in [0.15, 0.2) is 36.4 Å². The van der Waals surface area contributed by atoms with Crippen LogP contribution in [-0.4, -0.2) is 50.2 Å². The summed E-state index contributed by atoms with van der Waals surface area (Å²) in [7, 11) is 1.63. The highest BCUT2D eigenvalue weighted by molar-refractivity contribution is 6.31. The van der Waals surface area contributed by atoms with Crippen LogP contribution in [0.2, 0.25) is 5.02 Å². The summed E-state index contributed by atoms with van der Waals surface area (Å²) in [5.41, 5.74) is 2.77. The highest BCUT2D eigenvalue weighted by Gasteiger charge is 2.42. The van der Waals surface area contributed by atoms with Crippen LogP contribution >= 0.6 is 11.6 Å². The SMILES string of the molecule is COc1ccc(Cl)cc1N1CCN2c3ccc([N+](=O)[O-])cc3CC(C(=O)NCC(C)C)C2C1. The smallest absolute Gasteiger partial charge is 0.269 e. The summed E-state index contributed by atoms with van der Waals surface area (Å²) in [4.78, 5) is 28.7. The Labute approximate surface area is 198 Å². The van der Waals surface area contributed by atoms with Gasteiger partial charge in [0, 0.05) is 49.0 Å². The minimum Gasteiger partial charge on any atom is -0.495 e. The molecule has 1 fully saturated rings. The number of halogens is 1. The second-order valence-electron chi connectivity index (χ2n) is 9.04. The van der Waals surface area contributed by atoms with E-state index in [1.165, 1.54) is 0 Å². The average Bonchev–Trinajstić information content (AvgIpc) is 2.81. The van der Waals surface area contributed by atoms with E-state index in [1.54, 1.807) is 25.3 Å². The molecule has 1 saturated heterocycles. The number of nitrogens with zero attached hydrogens (tertiary/aromatic N) is 3. The molecule has 0 aliphatic carbocycles. The number of benzene rings is 2. The summed E-state index contributed by atoms with van der Waals surface area (Å²) in [5, 5.41) is 15.0. The molecule has 2 heterocycles. The zero-order chi connectivity index (χ0) is 23.7. The lowest BCUT2D eigenvalue weighted by molar-refractivity contribution is -0.384. The van der Waals surface area contributed by atoms with Crippen molar-refractivity contribution in [2.24, 2.45) is 11.8 Å². The average molecular weight is 473 g/mol. The molecule has 0 radical (unpaired) electrons. The van der Waals surface area contributed by atoms with E-state index in [1.807, 2.05) is 18.2 Å². The van der Waals surface area contributed by atoms with Crippen molar-refractivity contribution in [3.63, 3.8) is 0 Å². The third-order valence-corrected chi connectivity index (χ3v) is 6.64. The molecule has 2 aliphatic heterocycles. The zero-order valence-electron chi connectivity index (χ0n) is 19.1. The number of hydrogen-bond acceptors (Lipinski definition) is 6. The molecule has 2 aromatic rings. The summed E-state index contributed by atoms with van der Waals surface area (Å²) >= 11 is 6.28. The first kappa shape index (κ1) is 23.2. The Morgan fingerprint density at radius 1 is 1.24 bits per heavy atom. The lowest BCUT2D eigenvalue weighted by Gasteiger charge is -2.49. The molecule has 1 N–H and O–H groups in total. The largest absolute Gasteiger partial charge is 0.495 e. The Balaban J connectivity index is 1.68. The third-order valence-electron chi connectivity index (χ3n) is 6.41. The van der Waals surface area contributed by atoms with E-state index in [0.29, 0.717) is 43.5 Å². The number of fused-ring (bicyclic) bond motifs is 3. The number of non-ortho nitro benzene ring substituents is 1. The van der Waals surface area contributed by atoms with Gasteiger partial charge in [-0.15, -0.1) is 0 Å². The second-order valence-corrected chi connectivity index (χ2v) is 9.48. The van der Waals surface area contributed by atoms with Crippen molar-refractivity contribution < 1.29 is 14.5 Å². The third kappa shape index (κ3) is 4.71. The van der Waals surface area contributed by atoms with Gasteiger partial charge in [0.1, 0.15) is 5.75 Å². The van der Waals surface area contributed by atoms with Crippen molar-refractivity contribution in [2.75, 3.05) is 43.1 Å². The molecule has 8 nitrogen and oxygen atoms in total. The number of nitro benzene ring substituents is 1. The number of nitro groups is 1. The predicted octanol–water partition coefficient (Wildman–Crippen LogP) is 3.90. The maximum atomic E-state index is 13.3. The Kier molecular flexibility index (Phi) is 6.65. The van der Waals surface area contributed by atoms with E-state index in [2.05, 4.69) is 29.0 Å². The molecule has 9 heteroatoms. The molecule has 1 amide bonds. The quantitative estimate of drug-likeness (QED) is 0.506. The Morgan fingerprint density at radius 3 is 2.73 bits per heavy atom. The van der Waals surface area contributed by atoms with Crippen LogP contribution < -0.4 is 19.9 Å². The number of amides is 1. The maximum Gasteiger partial charge on any atom is 0.269 e. The number of methoxy groups -OCH3 is 1. The normalized spacial score (nSPS) is 19.7. The topological polar surface area (TPSA) is 87.9 Å². The highest BCUT2D eigenvalue weighted by Crippen LogP contribution is 2.40. The number of hydrogen-bond donors (Lipinski definition) is 1. The molecule has 2 unspecified atom stereocenters. The van der Waals surface area contributed by atoms with Crippen molar-refractivity contribution >= 4 is 34.6 Å². The summed E-state index contributed by atoms with van der Waals surface area (Å²) in [6.45, 7) is 6.71. The molecule has 0 aromatic heterocycles. The molecule has 33 heavy (non-hydrogen) atoms. The van der Waals surface area contributed by atoms with Gasteiger partial charge >= 0.3 is 0 Å². The second kappa shape index (κ2) is 9.47. The van der Waals surface area contributed by atoms with Gasteiger partial charge in [0.25, 0.3) is 5.69 Å². The van der Waals surface area contributed by atoms with Crippen LogP contribution in [0.5, 0.6) is 5.75 Å². The minimum absolute atomic E-state index is 0.0178. The van der Waals surface area contributed by atoms with Gasteiger partial charge in [0.2, 0.25) is 5.91 Å². The molecule has 0 bridgehead atoms. The number of ether oxygens (including phenoxy) is 1. The molecule has 0 saturated carbocycles. The van der Waals surface area contributed by atoms with Crippen molar-refractivity contribution in [1.82, 2.24) is 5.32 Å². The van der Waals surface area contributed by atoms with E-state index >= 15 is 0 Å². The van der Waals surface area contributed by atoms with Crippen LogP contribution in [0.3, 0.4) is 0 Å². The highest BCUT2D eigenvalue weighted by atomic mass is 35.5. The summed E-state index contributed by atoms with van der Waals surface area (Å²) in [6.07, 6.45) is 0.461. The van der Waals surface area contributed by atoms with Gasteiger partial charge in [-0.3, -0.25) is 14.9 Å². The lowest BCUT2D eigenvalue weighted by atomic mass is 9.83. The van der Waals surface area contributed by atoms with Gasteiger partial charge in [-0.25, -0.2) is 0 Å². The molecule has 176 valence electrons. The van der Waals surface area contributed by atoms with Crippen molar-refractivity contribution in [1.29, 1.82) is 0 Å². The van der Waals surface area contributed by atoms with Crippen LogP contribution in [-0.2, 0) is 11.2 Å². The van der Waals surface area contributed by atoms with Gasteiger partial charge < -0.3 is 19.9 Å². The molecule has 0 spiro atoms. The molecule has 4 rings (SSSR count). The first-order valence-electron chi connectivity index (χ1n) is 11.2. The van der Waals surface area contributed by atoms with Crippen LogP contribution in [0.4, 0.5) is 17.1 Å². The number of carbonyl (C=O) groups excluding carboxylic acids is 1. The van der Waals surface area contributed by atoms with Gasteiger partial charge in [-0.05, 0) is 42.2 Å². The summed E-state index contributed by atoms with van der Waals surface area (Å²) in [5.74, 6) is 0.725. The Hall–Kier alpha value is -3.00. The van der Waals surface area contributed by atoms with E-state index in [0.717, 1.165) is 22.7 Å². The lowest BCUT2D eigenvalue weighted by Crippen LogP contribution is -2.61. The molecular formula is C24H29ClN4O4. The van der Waals surface area contributed by atoms with E-state index in [9.17, 15) is 14.9 Å². The number of anilines is 2. The van der Waals surface area contributed by atoms with Crippen molar-refractivity contribution in [3.8, 4) is 5.75 Å². The molecule has 2 atom stereocenters. The van der Waals surface area contributed by atoms with E-state index < -0.39 is 0 Å². The van der Waals surface area contributed by atoms with Gasteiger partial charge in [-0.2, -0.15) is 0 Å². The van der Waals surface area contributed by atoms with Crippen molar-refractivity contribution in [2.45, 2.75) is 26.3 Å². The standard InChI is InChI=1S/C24H29ClN4O4/c1-15(2)13-26-24(30)19-11-16-10-18(29(31)32)5-6-20(16)28-9-8-27(14-22(19)28)21-12-17(25)4-7-23(21)33-3/h4-7,10,12,15,19,22H,8-9,11,13-14H2,1-3H3,(H,26,30). The monoisotopic (exact) mass is 472 g/mol.